The van der Waals surface area contributed by atoms with Gasteiger partial charge in [0.15, 0.2) is 0 Å². The van der Waals surface area contributed by atoms with Gasteiger partial charge < -0.3 is 4.89 Å². The number of amides is 1. The highest BCUT2D eigenvalue weighted by Crippen LogP contribution is 2.55. The Morgan fingerprint density at radius 1 is 1.37 bits per heavy atom. The summed E-state index contributed by atoms with van der Waals surface area (Å²) in [7, 11) is -3.94. The van der Waals surface area contributed by atoms with Crippen molar-refractivity contribution in [2.45, 2.75) is 5.66 Å². The van der Waals surface area contributed by atoms with Crippen LogP contribution in [-0.2, 0) is 9.36 Å². The van der Waals surface area contributed by atoms with Gasteiger partial charge in [-0.1, -0.05) is 30.3 Å². The lowest BCUT2D eigenvalue weighted by atomic mass is 10.1. The van der Waals surface area contributed by atoms with E-state index in [-0.39, 0.29) is 5.69 Å². The van der Waals surface area contributed by atoms with Gasteiger partial charge in [0, 0.05) is 22.6 Å². The molecule has 0 saturated carbocycles. The summed E-state index contributed by atoms with van der Waals surface area (Å²) in [5, 5.41) is 2.74. The van der Waals surface area contributed by atoms with Gasteiger partial charge in [-0.15, -0.1) is 11.3 Å². The fraction of sp³-hybridized carbons (Fsp3) is 0.105. The van der Waals surface area contributed by atoms with Crippen LogP contribution in [-0.4, -0.2) is 17.5 Å². The minimum absolute atomic E-state index is 0.0338. The fourth-order valence-electron chi connectivity index (χ4n) is 2.91. The second-order valence-corrected chi connectivity index (χ2v) is 9.77. The summed E-state index contributed by atoms with van der Waals surface area (Å²) in [5.41, 5.74) is -1.02. The van der Waals surface area contributed by atoms with Crippen molar-refractivity contribution in [1.82, 2.24) is 0 Å². The van der Waals surface area contributed by atoms with Crippen molar-refractivity contribution in [3.8, 4) is 0 Å². The van der Waals surface area contributed by atoms with Crippen LogP contribution in [0.2, 0.25) is 5.02 Å². The Hall–Kier alpha value is -1.98. The second-order valence-electron chi connectivity index (χ2n) is 6.02. The monoisotopic (exact) mass is 423 g/mol. The molecule has 0 aliphatic heterocycles. The van der Waals surface area contributed by atoms with Gasteiger partial charge in [0.05, 0.1) is 5.69 Å². The molecule has 2 atom stereocenters. The van der Waals surface area contributed by atoms with Crippen LogP contribution in [0.5, 0.6) is 0 Å². The van der Waals surface area contributed by atoms with Gasteiger partial charge >= 0.3 is 0 Å². The Balaban J connectivity index is 2.16. The Kier molecular flexibility index (Phi) is 5.54. The van der Waals surface area contributed by atoms with E-state index in [1.165, 1.54) is 29.5 Å². The summed E-state index contributed by atoms with van der Waals surface area (Å²) in [6.07, 6.45) is 1.14. The molecule has 1 amide bonds. The molecule has 0 bridgehead atoms. The average Bonchev–Trinajstić information content (AvgIpc) is 2.99. The number of rotatable bonds is 5. The predicted molar refractivity (Wildman–Crippen MR) is 109 cm³/mol. The summed E-state index contributed by atoms with van der Waals surface area (Å²) >= 11 is 7.41. The van der Waals surface area contributed by atoms with Gasteiger partial charge in [0.1, 0.15) is 11.5 Å². The number of benzene rings is 2. The smallest absolute Gasteiger partial charge is 0.248 e. The van der Waals surface area contributed by atoms with E-state index in [4.69, 9.17) is 11.6 Å². The normalized spacial score (nSPS) is 14.5. The van der Waals surface area contributed by atoms with Crippen molar-refractivity contribution >= 4 is 52.0 Å². The van der Waals surface area contributed by atoms with Crippen LogP contribution in [0.25, 0.3) is 10.1 Å². The third kappa shape index (κ3) is 3.85. The molecule has 1 heterocycles. The van der Waals surface area contributed by atoms with Crippen LogP contribution in [0, 0.1) is 5.82 Å². The van der Waals surface area contributed by atoms with Gasteiger partial charge in [-0.3, -0.25) is 14.3 Å². The number of halogens is 2. The average molecular weight is 424 g/mol. The number of thiophene rings is 1. The van der Waals surface area contributed by atoms with Crippen molar-refractivity contribution in [1.29, 1.82) is 0 Å². The summed E-state index contributed by atoms with van der Waals surface area (Å²) in [6.45, 7) is 4.69. The highest BCUT2D eigenvalue weighted by Gasteiger charge is 2.39. The van der Waals surface area contributed by atoms with Crippen molar-refractivity contribution in [2.24, 2.45) is 0 Å². The maximum atomic E-state index is 14.2. The molecule has 0 saturated heterocycles. The molecular weight excluding hydrogens is 408 g/mol. The van der Waals surface area contributed by atoms with Crippen molar-refractivity contribution in [2.75, 3.05) is 11.6 Å². The number of carbonyl (C=O) groups excluding carboxylic acids is 1. The van der Waals surface area contributed by atoms with E-state index in [0.29, 0.717) is 16.0 Å². The van der Waals surface area contributed by atoms with Gasteiger partial charge in [-0.25, -0.2) is 4.39 Å². The van der Waals surface area contributed by atoms with E-state index in [1.54, 1.807) is 29.6 Å². The molecule has 0 fully saturated rings. The van der Waals surface area contributed by atoms with Crippen LogP contribution in [0.3, 0.4) is 0 Å². The molecule has 0 radical (unpaired) electrons. The first-order valence-corrected chi connectivity index (χ1v) is 11.3. The van der Waals surface area contributed by atoms with E-state index in [2.05, 4.69) is 6.58 Å². The van der Waals surface area contributed by atoms with Crippen LogP contribution in [0.15, 0.2) is 60.6 Å². The second kappa shape index (κ2) is 7.56. The molecule has 8 heteroatoms. The van der Waals surface area contributed by atoms with E-state index >= 15 is 0 Å². The summed E-state index contributed by atoms with van der Waals surface area (Å²) in [6, 6.07) is 10.8. The lowest BCUT2D eigenvalue weighted by Gasteiger charge is -2.26. The highest BCUT2D eigenvalue weighted by atomic mass is 35.5. The molecule has 3 rings (SSSR count). The molecule has 140 valence electrons. The molecule has 0 aliphatic rings. The quantitative estimate of drug-likeness (QED) is 0.527. The highest BCUT2D eigenvalue weighted by molar-refractivity contribution is 7.58. The third-order valence-corrected chi connectivity index (χ3v) is 6.78. The van der Waals surface area contributed by atoms with Crippen molar-refractivity contribution in [3.63, 3.8) is 0 Å². The van der Waals surface area contributed by atoms with E-state index in [9.17, 15) is 18.6 Å². The van der Waals surface area contributed by atoms with E-state index in [0.717, 1.165) is 22.5 Å². The van der Waals surface area contributed by atoms with E-state index in [1.807, 2.05) is 0 Å². The first kappa shape index (κ1) is 19.8. The zero-order valence-electron chi connectivity index (χ0n) is 14.3. The van der Waals surface area contributed by atoms with Crippen LogP contribution in [0.4, 0.5) is 10.1 Å². The molecule has 2 aromatic carbocycles. The minimum atomic E-state index is -3.94. The maximum absolute atomic E-state index is 14.2. The molecule has 27 heavy (non-hydrogen) atoms. The number of nitrogens with zero attached hydrogens (tertiary/aromatic N) is 1. The number of hydrogen-bond acceptors (Lipinski definition) is 3. The minimum Gasteiger partial charge on any atom is -0.344 e. The van der Waals surface area contributed by atoms with Gasteiger partial charge in [0.25, 0.3) is 0 Å². The predicted octanol–water partition coefficient (Wildman–Crippen LogP) is 5.81. The lowest BCUT2D eigenvalue weighted by molar-refractivity contribution is -0.117. The number of anilines is 1. The van der Waals surface area contributed by atoms with Gasteiger partial charge in [-0.05, 0) is 46.7 Å². The third-order valence-electron chi connectivity index (χ3n) is 4.11. The van der Waals surface area contributed by atoms with E-state index < -0.39 is 24.8 Å². The first-order valence-electron chi connectivity index (χ1n) is 7.90. The number of para-hydroxylation sites is 1. The largest absolute Gasteiger partial charge is 0.344 e. The molecule has 1 N–H and O–H groups in total. The summed E-state index contributed by atoms with van der Waals surface area (Å²) < 4.78 is 27.7. The van der Waals surface area contributed by atoms with Gasteiger partial charge in [-0.2, -0.15) is 0 Å². The number of fused-ring (bicyclic) bond motifs is 1. The maximum Gasteiger partial charge on any atom is 0.248 e. The summed E-state index contributed by atoms with van der Waals surface area (Å²) in [5.74, 6) is -1.37. The molecule has 0 spiro atoms. The Labute approximate surface area is 165 Å². The van der Waals surface area contributed by atoms with Crippen molar-refractivity contribution in [3.05, 3.63) is 77.0 Å². The molecule has 1 aromatic heterocycles. The molecular formula is C19H16ClFNO3PS. The number of hydrogen-bond donors (Lipinski definition) is 1. The number of carbonyl (C=O) groups is 1. The van der Waals surface area contributed by atoms with Gasteiger partial charge in [0.2, 0.25) is 13.3 Å². The van der Waals surface area contributed by atoms with Crippen molar-refractivity contribution < 1.29 is 18.6 Å². The first-order chi connectivity index (χ1) is 12.7. The Morgan fingerprint density at radius 3 is 2.70 bits per heavy atom. The Morgan fingerprint density at radius 2 is 2.07 bits per heavy atom. The molecule has 2 unspecified atom stereocenters. The zero-order chi connectivity index (χ0) is 19.8. The standard InChI is InChI=1S/C19H16ClFNO3PS/c1-3-22(16-7-5-4-6-15(16)21)19(23)18(26(2,24)25)14-11-27-17-9-8-12(20)10-13(14)17/h3-11,18H,1H2,2H3,(H,24,25). The topological polar surface area (TPSA) is 57.6 Å². The van der Waals surface area contributed by atoms with Crippen LogP contribution in [0.1, 0.15) is 11.2 Å². The zero-order valence-corrected chi connectivity index (χ0v) is 16.8. The van der Waals surface area contributed by atoms with Crippen LogP contribution >= 0.6 is 30.3 Å². The SMILES string of the molecule is C=CN(C(=O)C(c1csc2ccc(Cl)cc12)P(C)(=O)O)c1ccccc1F. The molecule has 0 aliphatic carbocycles. The molecule has 4 nitrogen and oxygen atoms in total. The fourth-order valence-corrected chi connectivity index (χ4v) is 5.42. The Bertz CT molecular complexity index is 1080. The van der Waals surface area contributed by atoms with Crippen LogP contribution < -0.4 is 4.90 Å². The molecule has 3 aromatic rings. The summed E-state index contributed by atoms with van der Waals surface area (Å²) in [4.78, 5) is 24.6. The lowest BCUT2D eigenvalue weighted by Crippen LogP contribution is -2.31.